The van der Waals surface area contributed by atoms with Crippen molar-refractivity contribution in [2.24, 2.45) is 0 Å². The number of rotatable bonds is 3. The number of nitrogens with zero attached hydrogens (tertiary/aromatic N) is 4. The molecule has 1 N–H and O–H groups in total. The van der Waals surface area contributed by atoms with Crippen LogP contribution in [0.2, 0.25) is 5.02 Å². The summed E-state index contributed by atoms with van der Waals surface area (Å²) in [5.74, 6) is -0.341. The zero-order valence-electron chi connectivity index (χ0n) is 11.7. The largest absolute Gasteiger partial charge is 0.318 e. The minimum Gasteiger partial charge on any atom is -0.318 e. The van der Waals surface area contributed by atoms with Crippen LogP contribution < -0.4 is 5.32 Å². The first-order chi connectivity index (χ1) is 10.6. The number of carbonyl (C=O) groups excluding carboxylic acids is 1. The number of aryl methyl sites for hydroxylation is 1. The van der Waals surface area contributed by atoms with Crippen LogP contribution in [0, 0.1) is 6.92 Å². The van der Waals surface area contributed by atoms with Gasteiger partial charge >= 0.3 is 0 Å². The molecule has 1 aromatic carbocycles. The summed E-state index contributed by atoms with van der Waals surface area (Å²) in [6, 6.07) is 7.32. The molecule has 0 spiro atoms. The molecule has 2 aromatic heterocycles. The van der Waals surface area contributed by atoms with Crippen molar-refractivity contribution in [1.29, 1.82) is 0 Å². The Morgan fingerprint density at radius 2 is 2.00 bits per heavy atom. The second-order valence-electron chi connectivity index (χ2n) is 4.62. The van der Waals surface area contributed by atoms with Gasteiger partial charge in [0.2, 0.25) is 0 Å². The molecule has 0 saturated heterocycles. The van der Waals surface area contributed by atoms with Crippen LogP contribution in [0.5, 0.6) is 0 Å². The van der Waals surface area contributed by atoms with Crippen molar-refractivity contribution in [2.45, 2.75) is 6.92 Å². The molecule has 3 rings (SSSR count). The molecule has 6 nitrogen and oxygen atoms in total. The summed E-state index contributed by atoms with van der Waals surface area (Å²) in [7, 11) is 0. The van der Waals surface area contributed by atoms with E-state index < -0.39 is 0 Å². The fourth-order valence-electron chi connectivity index (χ4n) is 1.86. The third-order valence-corrected chi connectivity index (χ3v) is 3.27. The van der Waals surface area contributed by atoms with E-state index in [2.05, 4.69) is 20.4 Å². The number of aromatic nitrogens is 4. The van der Waals surface area contributed by atoms with E-state index in [0.29, 0.717) is 10.7 Å². The topological polar surface area (TPSA) is 72.7 Å². The molecule has 7 heteroatoms. The Kier molecular flexibility index (Phi) is 3.84. The Bertz CT molecular complexity index is 813. The Balaban J connectivity index is 1.78. The van der Waals surface area contributed by atoms with Gasteiger partial charge in [0, 0.05) is 6.20 Å². The summed E-state index contributed by atoms with van der Waals surface area (Å²) in [6.07, 6.45) is 6.20. The fraction of sp³-hybridized carbons (Fsp3) is 0.0667. The van der Waals surface area contributed by atoms with Crippen LogP contribution in [-0.2, 0) is 0 Å². The molecule has 22 heavy (non-hydrogen) atoms. The molecule has 110 valence electrons. The van der Waals surface area contributed by atoms with E-state index in [0.717, 1.165) is 11.4 Å². The highest BCUT2D eigenvalue weighted by atomic mass is 35.5. The summed E-state index contributed by atoms with van der Waals surface area (Å²) in [6.45, 7) is 1.81. The summed E-state index contributed by atoms with van der Waals surface area (Å²) < 4.78 is 1.60. The summed E-state index contributed by atoms with van der Waals surface area (Å²) in [5, 5.41) is 7.49. The number of benzene rings is 1. The Hall–Kier alpha value is -2.73. The average molecular weight is 314 g/mol. The standard InChI is InChI=1S/C15H12ClN5O/c1-10-6-18-13(8-17-10)15(22)20-11-7-19-21(9-11)14-5-3-2-4-12(14)16/h2-9H,1H3,(H,20,22). The van der Waals surface area contributed by atoms with Crippen LogP contribution in [0.25, 0.3) is 5.69 Å². The number of carbonyl (C=O) groups is 1. The molecule has 1 amide bonds. The molecule has 0 aliphatic rings. The zero-order chi connectivity index (χ0) is 15.5. The lowest BCUT2D eigenvalue weighted by Crippen LogP contribution is -2.13. The third kappa shape index (κ3) is 2.96. The predicted molar refractivity (Wildman–Crippen MR) is 83.3 cm³/mol. The van der Waals surface area contributed by atoms with Crippen LogP contribution >= 0.6 is 11.6 Å². The lowest BCUT2D eigenvalue weighted by molar-refractivity contribution is 0.102. The third-order valence-electron chi connectivity index (χ3n) is 2.95. The summed E-state index contributed by atoms with van der Waals surface area (Å²) in [4.78, 5) is 20.1. The van der Waals surface area contributed by atoms with Gasteiger partial charge in [0.15, 0.2) is 0 Å². The van der Waals surface area contributed by atoms with E-state index in [-0.39, 0.29) is 11.6 Å². The van der Waals surface area contributed by atoms with E-state index in [4.69, 9.17) is 11.6 Å². The minimum absolute atomic E-state index is 0.246. The van der Waals surface area contributed by atoms with E-state index in [1.165, 1.54) is 6.20 Å². The van der Waals surface area contributed by atoms with Crippen LogP contribution in [0.15, 0.2) is 49.1 Å². The number of para-hydroxylation sites is 1. The molecule has 0 radical (unpaired) electrons. The smallest absolute Gasteiger partial charge is 0.275 e. The molecule has 0 bridgehead atoms. The number of halogens is 1. The molecule has 2 heterocycles. The molecule has 0 fully saturated rings. The van der Waals surface area contributed by atoms with Gasteiger partial charge in [-0.3, -0.25) is 9.78 Å². The van der Waals surface area contributed by atoms with Gasteiger partial charge in [-0.1, -0.05) is 23.7 Å². The van der Waals surface area contributed by atoms with Crippen LogP contribution in [0.4, 0.5) is 5.69 Å². The SMILES string of the molecule is Cc1cnc(C(=O)Nc2cnn(-c3ccccc3Cl)c2)cn1. The van der Waals surface area contributed by atoms with Gasteiger partial charge < -0.3 is 5.32 Å². The molecule has 0 unspecified atom stereocenters. The molecule has 0 atom stereocenters. The quantitative estimate of drug-likeness (QED) is 0.807. The Morgan fingerprint density at radius 3 is 2.73 bits per heavy atom. The Labute approximate surface area is 131 Å². The van der Waals surface area contributed by atoms with E-state index in [1.54, 1.807) is 29.3 Å². The molecular formula is C15H12ClN5O. The normalized spacial score (nSPS) is 10.5. The first-order valence-electron chi connectivity index (χ1n) is 6.53. The highest BCUT2D eigenvalue weighted by Gasteiger charge is 2.10. The van der Waals surface area contributed by atoms with Crippen molar-refractivity contribution in [2.75, 3.05) is 5.32 Å². The molecule has 0 saturated carbocycles. The minimum atomic E-state index is -0.341. The van der Waals surface area contributed by atoms with Gasteiger partial charge in [0.05, 0.1) is 40.7 Å². The van der Waals surface area contributed by atoms with E-state index >= 15 is 0 Å². The van der Waals surface area contributed by atoms with Crippen LogP contribution in [-0.4, -0.2) is 25.7 Å². The number of hydrogen-bond acceptors (Lipinski definition) is 4. The first kappa shape index (κ1) is 14.2. The second-order valence-corrected chi connectivity index (χ2v) is 5.03. The predicted octanol–water partition coefficient (Wildman–Crippen LogP) is 2.88. The van der Waals surface area contributed by atoms with Crippen molar-refractivity contribution in [3.63, 3.8) is 0 Å². The van der Waals surface area contributed by atoms with Gasteiger partial charge in [0.25, 0.3) is 5.91 Å². The number of hydrogen-bond donors (Lipinski definition) is 1. The van der Waals surface area contributed by atoms with Gasteiger partial charge in [-0.2, -0.15) is 5.10 Å². The monoisotopic (exact) mass is 313 g/mol. The lowest BCUT2D eigenvalue weighted by Gasteiger charge is -2.03. The zero-order valence-corrected chi connectivity index (χ0v) is 12.4. The van der Waals surface area contributed by atoms with Crippen molar-refractivity contribution in [1.82, 2.24) is 19.7 Å². The molecular weight excluding hydrogens is 302 g/mol. The maximum absolute atomic E-state index is 12.1. The van der Waals surface area contributed by atoms with Gasteiger partial charge in [-0.15, -0.1) is 0 Å². The second kappa shape index (κ2) is 5.95. The van der Waals surface area contributed by atoms with Gasteiger partial charge in [-0.25, -0.2) is 9.67 Å². The van der Waals surface area contributed by atoms with Gasteiger partial charge in [0.1, 0.15) is 5.69 Å². The molecule has 3 aromatic rings. The van der Waals surface area contributed by atoms with Crippen molar-refractivity contribution in [3.8, 4) is 5.69 Å². The van der Waals surface area contributed by atoms with E-state index in [9.17, 15) is 4.79 Å². The number of nitrogens with one attached hydrogen (secondary N) is 1. The maximum Gasteiger partial charge on any atom is 0.275 e. The van der Waals surface area contributed by atoms with E-state index in [1.807, 2.05) is 25.1 Å². The average Bonchev–Trinajstić information content (AvgIpc) is 2.96. The lowest BCUT2D eigenvalue weighted by atomic mass is 10.3. The van der Waals surface area contributed by atoms with Crippen molar-refractivity contribution < 1.29 is 4.79 Å². The van der Waals surface area contributed by atoms with Crippen molar-refractivity contribution in [3.05, 3.63) is 65.5 Å². The maximum atomic E-state index is 12.1. The summed E-state index contributed by atoms with van der Waals surface area (Å²) >= 11 is 6.12. The van der Waals surface area contributed by atoms with Gasteiger partial charge in [-0.05, 0) is 19.1 Å². The fourth-order valence-corrected chi connectivity index (χ4v) is 2.08. The Morgan fingerprint density at radius 1 is 1.18 bits per heavy atom. The molecule has 0 aliphatic carbocycles. The first-order valence-corrected chi connectivity index (χ1v) is 6.91. The van der Waals surface area contributed by atoms with Crippen LogP contribution in [0.1, 0.15) is 16.2 Å². The number of anilines is 1. The highest BCUT2D eigenvalue weighted by molar-refractivity contribution is 6.32. The highest BCUT2D eigenvalue weighted by Crippen LogP contribution is 2.20. The summed E-state index contributed by atoms with van der Waals surface area (Å²) in [5.41, 5.74) is 2.28. The van der Waals surface area contributed by atoms with Crippen molar-refractivity contribution >= 4 is 23.2 Å². The molecule has 0 aliphatic heterocycles. The van der Waals surface area contributed by atoms with Crippen LogP contribution in [0.3, 0.4) is 0 Å². The number of amides is 1.